The van der Waals surface area contributed by atoms with Crippen LogP contribution in [0.15, 0.2) is 54.9 Å². The van der Waals surface area contributed by atoms with E-state index in [1.165, 1.54) is 16.7 Å². The van der Waals surface area contributed by atoms with E-state index in [1.807, 2.05) is 36.5 Å². The van der Waals surface area contributed by atoms with Crippen LogP contribution in [-0.2, 0) is 4.74 Å². The molecule has 2 saturated heterocycles. The first-order valence-corrected chi connectivity index (χ1v) is 12.4. The normalized spacial score (nSPS) is 20.4. The predicted octanol–water partition coefficient (Wildman–Crippen LogP) is 4.17. The summed E-state index contributed by atoms with van der Waals surface area (Å²) >= 11 is 0. The van der Waals surface area contributed by atoms with Gasteiger partial charge in [0.25, 0.3) is 5.91 Å². The summed E-state index contributed by atoms with van der Waals surface area (Å²) < 4.78 is 12.8. The Labute approximate surface area is 207 Å². The monoisotopic (exact) mass is 474 g/mol. The standard InChI is InChI=1S/C28H34N4O3/c1-19-20(2)27(35-15-14-34-4)11-10-26(19)21(3)30-17-25-16-24(30)18-31(25)28(33)22-6-8-23(9-7-22)32-13-5-12-29-32/h5-13,21,24-25H,14-18H2,1-4H3/t21-,24-,25-/m0/s1. The molecule has 0 aliphatic carbocycles. The molecule has 7 heteroatoms. The van der Waals surface area contributed by atoms with Crippen molar-refractivity contribution in [3.05, 3.63) is 77.1 Å². The number of hydrogen-bond acceptors (Lipinski definition) is 5. The summed E-state index contributed by atoms with van der Waals surface area (Å²) in [5.74, 6) is 1.05. The highest BCUT2D eigenvalue weighted by Gasteiger charge is 2.47. The van der Waals surface area contributed by atoms with E-state index in [4.69, 9.17) is 9.47 Å². The molecule has 2 aliphatic heterocycles. The average Bonchev–Trinajstić information content (AvgIpc) is 3.64. The molecule has 0 saturated carbocycles. The Bertz CT molecular complexity index is 1180. The maximum atomic E-state index is 13.3. The van der Waals surface area contributed by atoms with Gasteiger partial charge in [0.1, 0.15) is 12.4 Å². The molecule has 0 spiro atoms. The average molecular weight is 475 g/mol. The number of aromatic nitrogens is 2. The molecule has 3 atom stereocenters. The first-order chi connectivity index (χ1) is 17.0. The third kappa shape index (κ3) is 4.46. The summed E-state index contributed by atoms with van der Waals surface area (Å²) in [7, 11) is 1.68. The lowest BCUT2D eigenvalue weighted by Crippen LogP contribution is -2.49. The summed E-state index contributed by atoms with van der Waals surface area (Å²) in [4.78, 5) is 17.9. The highest BCUT2D eigenvalue weighted by atomic mass is 16.5. The topological polar surface area (TPSA) is 59.8 Å². The number of ether oxygens (including phenoxy) is 2. The maximum Gasteiger partial charge on any atom is 0.254 e. The lowest BCUT2D eigenvalue weighted by molar-refractivity contribution is 0.0569. The molecule has 0 N–H and O–H groups in total. The lowest BCUT2D eigenvalue weighted by Gasteiger charge is -2.38. The van der Waals surface area contributed by atoms with Gasteiger partial charge in [-0.05, 0) is 80.3 Å². The zero-order valence-corrected chi connectivity index (χ0v) is 21.0. The van der Waals surface area contributed by atoms with E-state index in [0.717, 1.165) is 36.5 Å². The zero-order valence-electron chi connectivity index (χ0n) is 21.0. The van der Waals surface area contributed by atoms with Crippen LogP contribution in [0.4, 0.5) is 0 Å². The Morgan fingerprint density at radius 3 is 2.51 bits per heavy atom. The number of likely N-dealkylation sites (tertiary alicyclic amines) is 2. The number of hydrogen-bond donors (Lipinski definition) is 0. The van der Waals surface area contributed by atoms with Gasteiger partial charge in [-0.1, -0.05) is 6.07 Å². The lowest BCUT2D eigenvalue weighted by atomic mass is 9.96. The summed E-state index contributed by atoms with van der Waals surface area (Å²) in [6.45, 7) is 9.42. The molecule has 2 aliphatic rings. The van der Waals surface area contributed by atoms with Gasteiger partial charge in [0.05, 0.1) is 12.3 Å². The molecule has 2 aromatic carbocycles. The molecular formula is C28H34N4O3. The Morgan fingerprint density at radius 1 is 1.06 bits per heavy atom. The van der Waals surface area contributed by atoms with E-state index in [1.54, 1.807) is 18.0 Å². The van der Waals surface area contributed by atoms with Gasteiger partial charge in [0.15, 0.2) is 0 Å². The molecule has 5 rings (SSSR count). The van der Waals surface area contributed by atoms with E-state index in [9.17, 15) is 4.79 Å². The molecular weight excluding hydrogens is 440 g/mol. The van der Waals surface area contributed by atoms with Crippen LogP contribution in [0.2, 0.25) is 0 Å². The molecule has 0 radical (unpaired) electrons. The number of nitrogens with zero attached hydrogens (tertiary/aromatic N) is 4. The largest absolute Gasteiger partial charge is 0.491 e. The molecule has 2 bridgehead atoms. The van der Waals surface area contributed by atoms with Crippen molar-refractivity contribution in [3.63, 3.8) is 0 Å². The fourth-order valence-corrected chi connectivity index (χ4v) is 5.60. The Hall–Kier alpha value is -3.16. The molecule has 3 heterocycles. The van der Waals surface area contributed by atoms with Gasteiger partial charge in [-0.2, -0.15) is 5.10 Å². The molecule has 1 amide bonds. The molecule has 3 aromatic rings. The van der Waals surface area contributed by atoms with E-state index in [2.05, 4.69) is 47.8 Å². The van der Waals surface area contributed by atoms with Crippen molar-refractivity contribution in [2.75, 3.05) is 33.4 Å². The number of carbonyl (C=O) groups is 1. The van der Waals surface area contributed by atoms with E-state index >= 15 is 0 Å². The quantitative estimate of drug-likeness (QED) is 0.459. The van der Waals surface area contributed by atoms with E-state index in [0.29, 0.717) is 25.3 Å². The van der Waals surface area contributed by atoms with Gasteiger partial charge in [0.2, 0.25) is 0 Å². The van der Waals surface area contributed by atoms with Gasteiger partial charge in [-0.25, -0.2) is 4.68 Å². The summed E-state index contributed by atoms with van der Waals surface area (Å²) in [6, 6.07) is 14.9. The van der Waals surface area contributed by atoms with Crippen molar-refractivity contribution in [1.82, 2.24) is 19.6 Å². The summed E-state index contributed by atoms with van der Waals surface area (Å²) in [5.41, 5.74) is 5.49. The molecule has 1 aromatic heterocycles. The minimum atomic E-state index is 0.126. The highest BCUT2D eigenvalue weighted by Crippen LogP contribution is 2.39. The van der Waals surface area contributed by atoms with Gasteiger partial charge in [0, 0.05) is 56.3 Å². The number of fused-ring (bicyclic) bond motifs is 2. The van der Waals surface area contributed by atoms with Crippen LogP contribution in [0, 0.1) is 13.8 Å². The number of carbonyl (C=O) groups excluding carboxylic acids is 1. The third-order valence-corrected chi connectivity index (χ3v) is 7.70. The fraction of sp³-hybridized carbons (Fsp3) is 0.429. The molecule has 184 valence electrons. The first kappa shape index (κ1) is 23.6. The molecule has 2 fully saturated rings. The van der Waals surface area contributed by atoms with Crippen molar-refractivity contribution in [2.45, 2.75) is 45.3 Å². The minimum absolute atomic E-state index is 0.126. The molecule has 35 heavy (non-hydrogen) atoms. The second kappa shape index (κ2) is 9.84. The van der Waals surface area contributed by atoms with Crippen LogP contribution in [0.1, 0.15) is 46.4 Å². The highest BCUT2D eigenvalue weighted by molar-refractivity contribution is 5.95. The van der Waals surface area contributed by atoms with Crippen LogP contribution in [0.5, 0.6) is 5.75 Å². The van der Waals surface area contributed by atoms with Gasteiger partial charge in [-0.15, -0.1) is 0 Å². The van der Waals surface area contributed by atoms with Gasteiger partial charge in [-0.3, -0.25) is 9.69 Å². The number of rotatable bonds is 8. The zero-order chi connectivity index (χ0) is 24.5. The number of piperazine rings is 1. The fourth-order valence-electron chi connectivity index (χ4n) is 5.60. The molecule has 0 unspecified atom stereocenters. The smallest absolute Gasteiger partial charge is 0.254 e. The van der Waals surface area contributed by atoms with Crippen molar-refractivity contribution in [2.24, 2.45) is 0 Å². The molecule has 7 nitrogen and oxygen atoms in total. The Balaban J connectivity index is 1.24. The Morgan fingerprint density at radius 2 is 1.86 bits per heavy atom. The van der Waals surface area contributed by atoms with Crippen LogP contribution in [0.25, 0.3) is 5.69 Å². The van der Waals surface area contributed by atoms with Crippen molar-refractivity contribution in [1.29, 1.82) is 0 Å². The third-order valence-electron chi connectivity index (χ3n) is 7.70. The maximum absolute atomic E-state index is 13.3. The SMILES string of the molecule is COCCOc1ccc([C@H](C)N2C[C@@H]3C[C@H]2CN3C(=O)c2ccc(-n3cccn3)cc2)c(C)c1C. The second-order valence-corrected chi connectivity index (χ2v) is 9.62. The van der Waals surface area contributed by atoms with E-state index < -0.39 is 0 Å². The predicted molar refractivity (Wildman–Crippen MR) is 135 cm³/mol. The second-order valence-electron chi connectivity index (χ2n) is 9.62. The van der Waals surface area contributed by atoms with Crippen molar-refractivity contribution >= 4 is 5.91 Å². The van der Waals surface area contributed by atoms with Crippen molar-refractivity contribution in [3.8, 4) is 11.4 Å². The number of amides is 1. The van der Waals surface area contributed by atoms with Crippen LogP contribution in [-0.4, -0.2) is 71.0 Å². The van der Waals surface area contributed by atoms with E-state index in [-0.39, 0.29) is 11.9 Å². The van der Waals surface area contributed by atoms with Crippen LogP contribution < -0.4 is 4.74 Å². The number of methoxy groups -OCH3 is 1. The first-order valence-electron chi connectivity index (χ1n) is 12.4. The summed E-state index contributed by atoms with van der Waals surface area (Å²) in [6.07, 6.45) is 4.69. The summed E-state index contributed by atoms with van der Waals surface area (Å²) in [5, 5.41) is 4.26. The Kier molecular flexibility index (Phi) is 6.62. The van der Waals surface area contributed by atoms with Gasteiger partial charge < -0.3 is 14.4 Å². The van der Waals surface area contributed by atoms with Crippen molar-refractivity contribution < 1.29 is 14.3 Å². The van der Waals surface area contributed by atoms with Crippen LogP contribution >= 0.6 is 0 Å². The van der Waals surface area contributed by atoms with Crippen LogP contribution in [0.3, 0.4) is 0 Å². The minimum Gasteiger partial charge on any atom is -0.491 e. The number of benzene rings is 2. The van der Waals surface area contributed by atoms with Gasteiger partial charge >= 0.3 is 0 Å².